The number of azo groups is 1. The predicted molar refractivity (Wildman–Crippen MR) is 104 cm³/mol. The van der Waals surface area contributed by atoms with Crippen LogP contribution in [0.25, 0.3) is 0 Å². The Morgan fingerprint density at radius 1 is 1.19 bits per heavy atom. The van der Waals surface area contributed by atoms with Crippen molar-refractivity contribution in [2.24, 2.45) is 10.2 Å². The second-order valence-electron chi connectivity index (χ2n) is 7.79. The van der Waals surface area contributed by atoms with Crippen molar-refractivity contribution in [3.05, 3.63) is 22.5 Å². The third-order valence-corrected chi connectivity index (χ3v) is 5.64. The molecule has 3 heterocycles. The summed E-state index contributed by atoms with van der Waals surface area (Å²) in [6.07, 6.45) is 4.15. The van der Waals surface area contributed by atoms with Crippen LogP contribution in [0.2, 0.25) is 0 Å². The highest BCUT2D eigenvalue weighted by molar-refractivity contribution is 5.73. The van der Waals surface area contributed by atoms with Crippen LogP contribution in [0, 0.1) is 0 Å². The van der Waals surface area contributed by atoms with E-state index in [4.69, 9.17) is 9.97 Å². The van der Waals surface area contributed by atoms with E-state index in [-0.39, 0.29) is 11.9 Å². The van der Waals surface area contributed by atoms with Crippen LogP contribution in [0.1, 0.15) is 37.4 Å². The SMILES string of the molecule is CC(=O)N1CCc2c(nc(N(C)C)nc2N(C)C[C@H]2N=NC3=C2CCC3)C1. The lowest BCUT2D eigenvalue weighted by Gasteiger charge is -2.32. The minimum absolute atomic E-state index is 0.0904. The molecule has 1 aromatic rings. The molecular weight excluding hydrogens is 342 g/mol. The first-order valence-corrected chi connectivity index (χ1v) is 9.60. The van der Waals surface area contributed by atoms with E-state index in [9.17, 15) is 4.79 Å². The molecule has 8 nitrogen and oxygen atoms in total. The summed E-state index contributed by atoms with van der Waals surface area (Å²) in [5, 5.41) is 8.87. The fraction of sp³-hybridized carbons (Fsp3) is 0.632. The molecule has 1 amide bonds. The van der Waals surface area contributed by atoms with Crippen LogP contribution in [0.4, 0.5) is 11.8 Å². The third-order valence-electron chi connectivity index (χ3n) is 5.64. The lowest BCUT2D eigenvalue weighted by atomic mass is 10.0. The van der Waals surface area contributed by atoms with E-state index in [2.05, 4.69) is 22.2 Å². The van der Waals surface area contributed by atoms with Crippen molar-refractivity contribution < 1.29 is 4.79 Å². The van der Waals surface area contributed by atoms with Crippen molar-refractivity contribution in [1.82, 2.24) is 14.9 Å². The van der Waals surface area contributed by atoms with Gasteiger partial charge in [0.25, 0.3) is 0 Å². The maximum absolute atomic E-state index is 11.8. The fourth-order valence-corrected chi connectivity index (χ4v) is 4.11. The molecule has 0 radical (unpaired) electrons. The molecule has 4 rings (SSSR count). The molecule has 2 aliphatic heterocycles. The van der Waals surface area contributed by atoms with E-state index in [0.717, 1.165) is 42.9 Å². The van der Waals surface area contributed by atoms with Crippen molar-refractivity contribution in [2.75, 3.05) is 44.0 Å². The zero-order chi connectivity index (χ0) is 19.1. The zero-order valence-corrected chi connectivity index (χ0v) is 16.6. The molecule has 1 aliphatic carbocycles. The van der Waals surface area contributed by atoms with Crippen molar-refractivity contribution in [2.45, 2.75) is 45.2 Å². The van der Waals surface area contributed by atoms with E-state index in [0.29, 0.717) is 19.0 Å². The Labute approximate surface area is 160 Å². The summed E-state index contributed by atoms with van der Waals surface area (Å²) in [7, 11) is 5.96. The molecule has 3 aliphatic rings. The molecule has 144 valence electrons. The average molecular weight is 369 g/mol. The third kappa shape index (κ3) is 3.28. The fourth-order valence-electron chi connectivity index (χ4n) is 4.11. The largest absolute Gasteiger partial charge is 0.357 e. The lowest BCUT2D eigenvalue weighted by molar-refractivity contribution is -0.129. The number of aromatic nitrogens is 2. The highest BCUT2D eigenvalue weighted by atomic mass is 16.2. The van der Waals surface area contributed by atoms with Gasteiger partial charge in [0, 0.05) is 46.7 Å². The number of allylic oxidation sites excluding steroid dienone is 1. The molecule has 8 heteroatoms. The Morgan fingerprint density at radius 3 is 2.74 bits per heavy atom. The Bertz CT molecular complexity index is 830. The smallest absolute Gasteiger partial charge is 0.227 e. The number of likely N-dealkylation sites (N-methyl/N-ethyl adjacent to an activating group) is 1. The molecule has 1 atom stereocenters. The molecule has 0 aromatic carbocycles. The second kappa shape index (κ2) is 6.90. The number of carbonyl (C=O) groups excluding carboxylic acids is 1. The first-order chi connectivity index (χ1) is 12.9. The van der Waals surface area contributed by atoms with Gasteiger partial charge in [-0.15, -0.1) is 0 Å². The van der Waals surface area contributed by atoms with Gasteiger partial charge in [-0.25, -0.2) is 4.98 Å². The van der Waals surface area contributed by atoms with E-state index >= 15 is 0 Å². The van der Waals surface area contributed by atoms with Gasteiger partial charge in [-0.05, 0) is 31.3 Å². The van der Waals surface area contributed by atoms with Crippen LogP contribution in [0.3, 0.4) is 0 Å². The van der Waals surface area contributed by atoms with Crippen molar-refractivity contribution in [1.29, 1.82) is 0 Å². The van der Waals surface area contributed by atoms with Gasteiger partial charge in [0.15, 0.2) is 0 Å². The van der Waals surface area contributed by atoms with Gasteiger partial charge in [-0.2, -0.15) is 15.2 Å². The topological polar surface area (TPSA) is 77.3 Å². The molecule has 0 saturated carbocycles. The normalized spacial score (nSPS) is 20.7. The van der Waals surface area contributed by atoms with Crippen LogP contribution in [0.15, 0.2) is 21.5 Å². The van der Waals surface area contributed by atoms with Crippen LogP contribution in [-0.2, 0) is 17.8 Å². The summed E-state index contributed by atoms with van der Waals surface area (Å²) in [6.45, 7) is 3.65. The molecular formula is C19H27N7O. The number of fused-ring (bicyclic) bond motifs is 1. The Morgan fingerprint density at radius 2 is 2.00 bits per heavy atom. The van der Waals surface area contributed by atoms with E-state index in [1.54, 1.807) is 6.92 Å². The summed E-state index contributed by atoms with van der Waals surface area (Å²) in [5.41, 5.74) is 4.70. The van der Waals surface area contributed by atoms with Gasteiger partial charge in [0.05, 0.1) is 17.9 Å². The number of anilines is 2. The molecule has 0 unspecified atom stereocenters. The van der Waals surface area contributed by atoms with Crippen LogP contribution in [-0.4, -0.2) is 61.0 Å². The lowest BCUT2D eigenvalue weighted by Crippen LogP contribution is -2.37. The number of hydrogen-bond acceptors (Lipinski definition) is 7. The molecule has 27 heavy (non-hydrogen) atoms. The quantitative estimate of drug-likeness (QED) is 0.813. The summed E-state index contributed by atoms with van der Waals surface area (Å²) in [5.74, 6) is 1.72. The van der Waals surface area contributed by atoms with E-state index in [1.807, 2.05) is 23.9 Å². The summed E-state index contributed by atoms with van der Waals surface area (Å²) in [4.78, 5) is 27.3. The Balaban J connectivity index is 1.63. The Hall–Kier alpha value is -2.51. The number of amides is 1. The number of nitrogens with zero attached hydrogens (tertiary/aromatic N) is 7. The molecule has 0 fully saturated rings. The molecule has 0 spiro atoms. The average Bonchev–Trinajstić information content (AvgIpc) is 3.25. The van der Waals surface area contributed by atoms with Crippen molar-refractivity contribution >= 4 is 17.7 Å². The van der Waals surface area contributed by atoms with Crippen LogP contribution >= 0.6 is 0 Å². The van der Waals surface area contributed by atoms with E-state index in [1.165, 1.54) is 17.7 Å². The van der Waals surface area contributed by atoms with Crippen molar-refractivity contribution in [3.63, 3.8) is 0 Å². The summed E-state index contributed by atoms with van der Waals surface area (Å²) >= 11 is 0. The minimum Gasteiger partial charge on any atom is -0.357 e. The zero-order valence-electron chi connectivity index (χ0n) is 16.6. The van der Waals surface area contributed by atoms with Crippen LogP contribution < -0.4 is 9.80 Å². The number of hydrogen-bond donors (Lipinski definition) is 0. The number of carbonyl (C=O) groups is 1. The number of rotatable bonds is 4. The molecule has 1 aromatic heterocycles. The maximum Gasteiger partial charge on any atom is 0.227 e. The first kappa shape index (κ1) is 17.9. The van der Waals surface area contributed by atoms with E-state index < -0.39 is 0 Å². The summed E-state index contributed by atoms with van der Waals surface area (Å²) in [6, 6.07) is 0.137. The second-order valence-corrected chi connectivity index (χ2v) is 7.79. The molecule has 0 bridgehead atoms. The Kier molecular flexibility index (Phi) is 4.57. The van der Waals surface area contributed by atoms with Gasteiger partial charge >= 0.3 is 0 Å². The minimum atomic E-state index is 0.0904. The molecule has 0 N–H and O–H groups in total. The molecule has 0 saturated heterocycles. The van der Waals surface area contributed by atoms with Crippen LogP contribution in [0.5, 0.6) is 0 Å². The highest BCUT2D eigenvalue weighted by Gasteiger charge is 2.31. The van der Waals surface area contributed by atoms with Gasteiger partial charge in [0.2, 0.25) is 11.9 Å². The van der Waals surface area contributed by atoms with Gasteiger partial charge in [0.1, 0.15) is 11.9 Å². The predicted octanol–water partition coefficient (Wildman–Crippen LogP) is 2.16. The summed E-state index contributed by atoms with van der Waals surface area (Å²) < 4.78 is 0. The maximum atomic E-state index is 11.8. The van der Waals surface area contributed by atoms with Crippen molar-refractivity contribution in [3.8, 4) is 0 Å². The van der Waals surface area contributed by atoms with Gasteiger partial charge in [-0.1, -0.05) is 0 Å². The van der Waals surface area contributed by atoms with Gasteiger partial charge < -0.3 is 14.7 Å². The standard InChI is InChI=1S/C19H27N7O/c1-12(27)26-9-8-14-16(11-26)20-19(24(2)3)21-18(14)25(4)10-17-13-6-5-7-15(13)22-23-17/h17H,5-11H2,1-4H3/t17-/m1/s1. The first-order valence-electron chi connectivity index (χ1n) is 9.60. The highest BCUT2D eigenvalue weighted by Crippen LogP contribution is 2.36. The van der Waals surface area contributed by atoms with Gasteiger partial charge in [-0.3, -0.25) is 4.79 Å². The monoisotopic (exact) mass is 369 g/mol.